The molecule has 60 heavy (non-hydrogen) atoms. The van der Waals surface area contributed by atoms with E-state index in [4.69, 9.17) is 0 Å². The Morgan fingerprint density at radius 1 is 0.317 bits per heavy atom. The first-order valence-corrected chi connectivity index (χ1v) is 20.9. The highest BCUT2D eigenvalue weighted by molar-refractivity contribution is 6.12. The Balaban J connectivity index is 1.04. The molecule has 0 spiro atoms. The summed E-state index contributed by atoms with van der Waals surface area (Å²) in [7, 11) is 0. The van der Waals surface area contributed by atoms with Crippen molar-refractivity contribution in [2.24, 2.45) is 0 Å². The summed E-state index contributed by atoms with van der Waals surface area (Å²) in [5, 5.41) is 5.10. The van der Waals surface area contributed by atoms with Gasteiger partial charge in [0, 0.05) is 22.4 Å². The molecule has 0 saturated heterocycles. The van der Waals surface area contributed by atoms with Crippen LogP contribution in [0.5, 0.6) is 0 Å². The quantitative estimate of drug-likeness (QED) is 0.146. The van der Waals surface area contributed by atoms with Gasteiger partial charge >= 0.3 is 0 Å². The minimum atomic E-state index is -0.109. The second-order valence-corrected chi connectivity index (χ2v) is 16.5. The van der Waals surface area contributed by atoms with E-state index in [9.17, 15) is 0 Å². The Bertz CT molecular complexity index is 3200. The van der Waals surface area contributed by atoms with Crippen molar-refractivity contribution in [1.82, 2.24) is 0 Å². The average molecular weight is 766 g/mol. The summed E-state index contributed by atoms with van der Waals surface area (Å²) in [6, 6.07) is 82.3. The third-order valence-electron chi connectivity index (χ3n) is 12.7. The first-order chi connectivity index (χ1) is 29.5. The minimum Gasteiger partial charge on any atom is -0.310 e. The zero-order valence-corrected chi connectivity index (χ0v) is 33.8. The molecule has 0 unspecified atom stereocenters. The molecule has 1 nitrogen and oxygen atoms in total. The van der Waals surface area contributed by atoms with Crippen LogP contribution in [-0.4, -0.2) is 0 Å². The molecular weight excluding hydrogens is 723 g/mol. The van der Waals surface area contributed by atoms with E-state index in [0.717, 1.165) is 11.4 Å². The van der Waals surface area contributed by atoms with Crippen molar-refractivity contribution in [1.29, 1.82) is 0 Å². The molecular formula is C59H43N. The predicted molar refractivity (Wildman–Crippen MR) is 255 cm³/mol. The SMILES string of the molecule is CC1(C)c2ccccc2-c2c(N(c3ccc(-c4ccc(-c5ccccc5)c(-c5ccccc5)c4)cc3)c3ccc(-c4cccc5c4ccc4ccccc45)cc3)cccc21. The fourth-order valence-corrected chi connectivity index (χ4v) is 9.68. The zero-order chi connectivity index (χ0) is 40.2. The second kappa shape index (κ2) is 14.4. The number of nitrogens with zero attached hydrogens (tertiary/aromatic N) is 1. The topological polar surface area (TPSA) is 3.24 Å². The normalized spacial score (nSPS) is 12.6. The number of rotatable bonds is 7. The molecule has 1 aliphatic rings. The molecule has 1 aliphatic carbocycles. The Labute approximate surface area is 352 Å². The van der Waals surface area contributed by atoms with Crippen LogP contribution in [0.3, 0.4) is 0 Å². The first-order valence-electron chi connectivity index (χ1n) is 20.9. The number of hydrogen-bond acceptors (Lipinski definition) is 1. The fourth-order valence-electron chi connectivity index (χ4n) is 9.68. The second-order valence-electron chi connectivity index (χ2n) is 16.5. The summed E-state index contributed by atoms with van der Waals surface area (Å²) >= 11 is 0. The lowest BCUT2D eigenvalue weighted by molar-refractivity contribution is 0.660. The van der Waals surface area contributed by atoms with Gasteiger partial charge in [-0.05, 0) is 119 Å². The van der Waals surface area contributed by atoms with Gasteiger partial charge in [0.1, 0.15) is 0 Å². The van der Waals surface area contributed by atoms with Crippen molar-refractivity contribution in [2.45, 2.75) is 19.3 Å². The van der Waals surface area contributed by atoms with Crippen LogP contribution in [0.1, 0.15) is 25.0 Å². The third-order valence-corrected chi connectivity index (χ3v) is 12.7. The minimum absolute atomic E-state index is 0.109. The van der Waals surface area contributed by atoms with Crippen LogP contribution in [-0.2, 0) is 5.41 Å². The van der Waals surface area contributed by atoms with Crippen LogP contribution in [0.25, 0.3) is 77.2 Å². The highest BCUT2D eigenvalue weighted by Gasteiger charge is 2.37. The largest absolute Gasteiger partial charge is 0.310 e. The lowest BCUT2D eigenvalue weighted by Gasteiger charge is -2.29. The maximum absolute atomic E-state index is 2.45. The van der Waals surface area contributed by atoms with Crippen molar-refractivity contribution in [3.63, 3.8) is 0 Å². The number of benzene rings is 10. The van der Waals surface area contributed by atoms with Gasteiger partial charge in [-0.2, -0.15) is 0 Å². The summed E-state index contributed by atoms with van der Waals surface area (Å²) in [6.45, 7) is 4.71. The van der Waals surface area contributed by atoms with Crippen LogP contribution >= 0.6 is 0 Å². The monoisotopic (exact) mass is 765 g/mol. The molecule has 0 atom stereocenters. The van der Waals surface area contributed by atoms with Crippen molar-refractivity contribution >= 4 is 38.6 Å². The summed E-state index contributed by atoms with van der Waals surface area (Å²) < 4.78 is 0. The molecule has 1 heteroatoms. The van der Waals surface area contributed by atoms with Gasteiger partial charge in [-0.25, -0.2) is 0 Å². The van der Waals surface area contributed by atoms with Gasteiger partial charge in [0.05, 0.1) is 5.69 Å². The smallest absolute Gasteiger partial charge is 0.0543 e. The standard InChI is InChI=1S/C59H43N/c1-59(2)55-24-12-11-21-53(55)58-56(59)25-14-26-57(58)60(47-35-29-44(30-36-47)49-22-13-23-51-48-20-10-9-19-43(48)31-38-52(49)51)46-33-27-40(28-34-46)45-32-37-50(41-15-5-3-6-16-41)54(39-45)42-17-7-4-8-18-42/h3-39H,1-2H3. The van der Waals surface area contributed by atoms with Gasteiger partial charge < -0.3 is 4.90 Å². The van der Waals surface area contributed by atoms with E-state index < -0.39 is 0 Å². The molecule has 0 aliphatic heterocycles. The predicted octanol–water partition coefficient (Wildman–Crippen LogP) is 16.4. The van der Waals surface area contributed by atoms with Gasteiger partial charge in [-0.1, -0.05) is 202 Å². The van der Waals surface area contributed by atoms with E-state index in [2.05, 4.69) is 243 Å². The highest BCUT2D eigenvalue weighted by atomic mass is 15.1. The summed E-state index contributed by atoms with van der Waals surface area (Å²) in [4.78, 5) is 2.45. The molecule has 10 aromatic rings. The van der Waals surface area contributed by atoms with E-state index in [1.54, 1.807) is 0 Å². The molecule has 0 amide bonds. The molecule has 0 saturated carbocycles. The maximum Gasteiger partial charge on any atom is 0.0543 e. The first kappa shape index (κ1) is 35.7. The van der Waals surface area contributed by atoms with E-state index in [-0.39, 0.29) is 5.41 Å². The van der Waals surface area contributed by atoms with Gasteiger partial charge in [0.25, 0.3) is 0 Å². The van der Waals surface area contributed by atoms with Gasteiger partial charge in [0.2, 0.25) is 0 Å². The van der Waals surface area contributed by atoms with Crippen LogP contribution in [0.15, 0.2) is 224 Å². The molecule has 0 radical (unpaired) electrons. The molecule has 0 bridgehead atoms. The number of anilines is 3. The van der Waals surface area contributed by atoms with Gasteiger partial charge in [-0.3, -0.25) is 0 Å². The molecule has 10 aromatic carbocycles. The Hall–Kier alpha value is -7.48. The van der Waals surface area contributed by atoms with Crippen LogP contribution in [0, 0.1) is 0 Å². The summed E-state index contributed by atoms with van der Waals surface area (Å²) in [5.41, 5.74) is 18.3. The fraction of sp³-hybridized carbons (Fsp3) is 0.0508. The van der Waals surface area contributed by atoms with Crippen molar-refractivity contribution in [3.05, 3.63) is 236 Å². The zero-order valence-electron chi connectivity index (χ0n) is 33.8. The van der Waals surface area contributed by atoms with Gasteiger partial charge in [-0.15, -0.1) is 0 Å². The van der Waals surface area contributed by atoms with Crippen LogP contribution in [0.2, 0.25) is 0 Å². The van der Waals surface area contributed by atoms with Crippen LogP contribution < -0.4 is 4.90 Å². The molecule has 284 valence electrons. The molecule has 0 aromatic heterocycles. The van der Waals surface area contributed by atoms with E-state index in [1.165, 1.54) is 94.0 Å². The van der Waals surface area contributed by atoms with E-state index in [1.807, 2.05) is 0 Å². The highest BCUT2D eigenvalue weighted by Crippen LogP contribution is 2.54. The lowest BCUT2D eigenvalue weighted by atomic mass is 9.82. The Morgan fingerprint density at radius 3 is 1.62 bits per heavy atom. The lowest BCUT2D eigenvalue weighted by Crippen LogP contribution is -2.16. The van der Waals surface area contributed by atoms with Gasteiger partial charge in [0.15, 0.2) is 0 Å². The molecule has 11 rings (SSSR count). The Kier molecular flexibility index (Phi) is 8.57. The van der Waals surface area contributed by atoms with E-state index in [0.29, 0.717) is 0 Å². The maximum atomic E-state index is 2.45. The van der Waals surface area contributed by atoms with Crippen molar-refractivity contribution in [3.8, 4) is 55.6 Å². The Morgan fingerprint density at radius 2 is 0.867 bits per heavy atom. The summed E-state index contributed by atoms with van der Waals surface area (Å²) in [6.07, 6.45) is 0. The van der Waals surface area contributed by atoms with Crippen molar-refractivity contribution < 1.29 is 0 Å². The van der Waals surface area contributed by atoms with E-state index >= 15 is 0 Å². The number of hydrogen-bond donors (Lipinski definition) is 0. The average Bonchev–Trinajstić information content (AvgIpc) is 3.56. The summed E-state index contributed by atoms with van der Waals surface area (Å²) in [5.74, 6) is 0. The third kappa shape index (κ3) is 5.93. The molecule has 0 heterocycles. The number of fused-ring (bicyclic) bond motifs is 6. The molecule has 0 N–H and O–H groups in total. The van der Waals surface area contributed by atoms with Crippen LogP contribution in [0.4, 0.5) is 17.1 Å². The molecule has 0 fully saturated rings. The van der Waals surface area contributed by atoms with Crippen molar-refractivity contribution in [2.75, 3.05) is 4.90 Å².